The molecule has 0 radical (unpaired) electrons. The fourth-order valence-corrected chi connectivity index (χ4v) is 4.71. The van der Waals surface area contributed by atoms with Crippen LogP contribution in [0.25, 0.3) is 0 Å². The molecular formula is C17H34N2. The first-order valence-corrected chi connectivity index (χ1v) is 8.01. The Balaban J connectivity index is 2.46. The Morgan fingerprint density at radius 3 is 1.05 bits per heavy atom. The molecule has 0 bridgehead atoms. The molecule has 2 heterocycles. The van der Waals surface area contributed by atoms with Crippen molar-refractivity contribution in [3.8, 4) is 0 Å². The average molecular weight is 266 g/mol. The number of rotatable bonds is 1. The summed E-state index contributed by atoms with van der Waals surface area (Å²) in [4.78, 5) is 0. The van der Waals surface area contributed by atoms with Crippen molar-refractivity contribution >= 4 is 0 Å². The number of hydrogen-bond acceptors (Lipinski definition) is 2. The van der Waals surface area contributed by atoms with E-state index < -0.39 is 0 Å². The minimum absolute atomic E-state index is 0.265. The third-order valence-corrected chi connectivity index (χ3v) is 5.42. The zero-order valence-corrected chi connectivity index (χ0v) is 14.4. The SMILES string of the molecule is CC1(C)CCCC(C)(C)N1N1C(C)(C)CCC1(C)C. The predicted molar refractivity (Wildman–Crippen MR) is 83.1 cm³/mol. The standard InChI is InChI=1S/C17H34N2/c1-14(2)10-9-11-15(3,4)18(14)19-16(5,6)12-13-17(19,7)8/h9-13H2,1-8H3. The lowest BCUT2D eigenvalue weighted by atomic mass is 9.80. The second-order valence-corrected chi connectivity index (χ2v) is 9.23. The highest BCUT2D eigenvalue weighted by atomic mass is 15.7. The van der Waals surface area contributed by atoms with Crippen LogP contribution >= 0.6 is 0 Å². The minimum Gasteiger partial charge on any atom is -0.230 e. The second-order valence-electron chi connectivity index (χ2n) is 9.23. The van der Waals surface area contributed by atoms with Gasteiger partial charge in [0.15, 0.2) is 0 Å². The Morgan fingerprint density at radius 1 is 0.474 bits per heavy atom. The molecule has 2 saturated heterocycles. The fraction of sp³-hybridized carbons (Fsp3) is 1.00. The van der Waals surface area contributed by atoms with Gasteiger partial charge in [-0.2, -0.15) is 0 Å². The first-order valence-electron chi connectivity index (χ1n) is 8.01. The lowest BCUT2D eigenvalue weighted by Gasteiger charge is -2.62. The summed E-state index contributed by atoms with van der Waals surface area (Å²) in [5, 5.41) is 5.48. The molecule has 19 heavy (non-hydrogen) atoms. The molecule has 2 aliphatic rings. The van der Waals surface area contributed by atoms with Gasteiger partial charge in [0, 0.05) is 22.2 Å². The molecule has 0 aliphatic carbocycles. The second kappa shape index (κ2) is 4.21. The highest BCUT2D eigenvalue weighted by molar-refractivity contribution is 5.05. The molecule has 2 aliphatic heterocycles. The summed E-state index contributed by atoms with van der Waals surface area (Å²) in [6, 6.07) is 0. The van der Waals surface area contributed by atoms with Gasteiger partial charge in [-0.25, -0.2) is 10.0 Å². The van der Waals surface area contributed by atoms with Crippen LogP contribution in [0.5, 0.6) is 0 Å². The van der Waals surface area contributed by atoms with Crippen molar-refractivity contribution in [3.63, 3.8) is 0 Å². The van der Waals surface area contributed by atoms with Gasteiger partial charge in [-0.15, -0.1) is 0 Å². The van der Waals surface area contributed by atoms with Crippen molar-refractivity contribution in [1.82, 2.24) is 10.0 Å². The molecule has 2 rings (SSSR count). The monoisotopic (exact) mass is 266 g/mol. The molecule has 112 valence electrons. The summed E-state index contributed by atoms with van der Waals surface area (Å²) < 4.78 is 0. The smallest absolute Gasteiger partial charge is 0.0307 e. The van der Waals surface area contributed by atoms with Crippen molar-refractivity contribution in [2.75, 3.05) is 0 Å². The molecule has 2 heteroatoms. The van der Waals surface area contributed by atoms with E-state index in [1.165, 1.54) is 32.1 Å². The topological polar surface area (TPSA) is 6.48 Å². The summed E-state index contributed by atoms with van der Waals surface area (Å²) in [6.45, 7) is 19.4. The van der Waals surface area contributed by atoms with Gasteiger partial charge in [0.2, 0.25) is 0 Å². The first kappa shape index (κ1) is 15.3. The van der Waals surface area contributed by atoms with Crippen LogP contribution in [-0.4, -0.2) is 32.2 Å². The Morgan fingerprint density at radius 2 is 0.737 bits per heavy atom. The van der Waals surface area contributed by atoms with Crippen LogP contribution in [0, 0.1) is 0 Å². The maximum atomic E-state index is 2.75. The van der Waals surface area contributed by atoms with E-state index in [0.29, 0.717) is 0 Å². The molecule has 0 saturated carbocycles. The predicted octanol–water partition coefficient (Wildman–Crippen LogP) is 4.60. The number of hydrogen-bond donors (Lipinski definition) is 0. The van der Waals surface area contributed by atoms with Gasteiger partial charge in [-0.3, -0.25) is 0 Å². The molecule has 0 unspecified atom stereocenters. The van der Waals surface area contributed by atoms with E-state index in [-0.39, 0.29) is 22.2 Å². The highest BCUT2D eigenvalue weighted by Crippen LogP contribution is 2.49. The zero-order valence-electron chi connectivity index (χ0n) is 14.4. The average Bonchev–Trinajstić information content (AvgIpc) is 2.38. The quantitative estimate of drug-likeness (QED) is 0.684. The van der Waals surface area contributed by atoms with Crippen LogP contribution in [-0.2, 0) is 0 Å². The van der Waals surface area contributed by atoms with Gasteiger partial charge < -0.3 is 0 Å². The maximum absolute atomic E-state index is 2.75. The summed E-state index contributed by atoms with van der Waals surface area (Å²) in [6.07, 6.45) is 6.55. The molecule has 0 spiro atoms. The maximum Gasteiger partial charge on any atom is 0.0307 e. The van der Waals surface area contributed by atoms with Gasteiger partial charge in [-0.1, -0.05) is 0 Å². The molecule has 0 aromatic carbocycles. The van der Waals surface area contributed by atoms with Crippen molar-refractivity contribution in [2.45, 2.75) is 110 Å². The van der Waals surface area contributed by atoms with Crippen LogP contribution in [0.3, 0.4) is 0 Å². The summed E-state index contributed by atoms with van der Waals surface area (Å²) in [5.74, 6) is 0. The summed E-state index contributed by atoms with van der Waals surface area (Å²) >= 11 is 0. The van der Waals surface area contributed by atoms with Gasteiger partial charge in [0.25, 0.3) is 0 Å². The zero-order chi connectivity index (χ0) is 14.7. The molecule has 0 aromatic heterocycles. The molecule has 0 N–H and O–H groups in total. The van der Waals surface area contributed by atoms with E-state index in [0.717, 1.165) is 0 Å². The van der Waals surface area contributed by atoms with Crippen molar-refractivity contribution in [1.29, 1.82) is 0 Å². The van der Waals surface area contributed by atoms with Crippen LogP contribution in [0.15, 0.2) is 0 Å². The third kappa shape index (κ3) is 2.47. The molecule has 0 aromatic rings. The van der Waals surface area contributed by atoms with Crippen LogP contribution in [0.1, 0.15) is 87.5 Å². The number of piperidine rings is 1. The lowest BCUT2D eigenvalue weighted by Crippen LogP contribution is -2.71. The summed E-state index contributed by atoms with van der Waals surface area (Å²) in [5.41, 5.74) is 1.08. The van der Waals surface area contributed by atoms with Crippen molar-refractivity contribution < 1.29 is 0 Å². The van der Waals surface area contributed by atoms with E-state index in [9.17, 15) is 0 Å². The fourth-order valence-electron chi connectivity index (χ4n) is 4.71. The van der Waals surface area contributed by atoms with Crippen molar-refractivity contribution in [3.05, 3.63) is 0 Å². The van der Waals surface area contributed by atoms with Crippen LogP contribution in [0.2, 0.25) is 0 Å². The molecular weight excluding hydrogens is 232 g/mol. The molecule has 2 nitrogen and oxygen atoms in total. The van der Waals surface area contributed by atoms with E-state index in [1.54, 1.807) is 0 Å². The van der Waals surface area contributed by atoms with E-state index in [4.69, 9.17) is 0 Å². The highest BCUT2D eigenvalue weighted by Gasteiger charge is 2.55. The number of hydrazine groups is 1. The molecule has 0 amide bonds. The van der Waals surface area contributed by atoms with Gasteiger partial charge in [0.05, 0.1) is 0 Å². The molecule has 0 atom stereocenters. The Kier molecular flexibility index (Phi) is 3.39. The van der Waals surface area contributed by atoms with Crippen LogP contribution < -0.4 is 0 Å². The van der Waals surface area contributed by atoms with Crippen molar-refractivity contribution in [2.24, 2.45) is 0 Å². The normalized spacial score (nSPS) is 33.5. The van der Waals surface area contributed by atoms with E-state index >= 15 is 0 Å². The van der Waals surface area contributed by atoms with Gasteiger partial charge in [0.1, 0.15) is 0 Å². The number of nitrogens with zero attached hydrogens (tertiary/aromatic N) is 2. The summed E-state index contributed by atoms with van der Waals surface area (Å²) in [7, 11) is 0. The van der Waals surface area contributed by atoms with Gasteiger partial charge >= 0.3 is 0 Å². The van der Waals surface area contributed by atoms with E-state index in [1.807, 2.05) is 0 Å². The van der Waals surface area contributed by atoms with Crippen LogP contribution in [0.4, 0.5) is 0 Å². The largest absolute Gasteiger partial charge is 0.230 e. The lowest BCUT2D eigenvalue weighted by molar-refractivity contribution is -0.240. The van der Waals surface area contributed by atoms with E-state index in [2.05, 4.69) is 65.4 Å². The Hall–Kier alpha value is -0.0800. The van der Waals surface area contributed by atoms with Gasteiger partial charge in [-0.05, 0) is 87.5 Å². The Labute approximate surface area is 120 Å². The Bertz CT molecular complexity index is 320. The third-order valence-electron chi connectivity index (χ3n) is 5.42. The minimum atomic E-state index is 0.265. The molecule has 2 fully saturated rings. The first-order chi connectivity index (χ1) is 8.40.